The second-order valence-corrected chi connectivity index (χ2v) is 22.2. The van der Waals surface area contributed by atoms with E-state index in [1.165, 1.54) is 0 Å². The zero-order valence-electron chi connectivity index (χ0n) is 41.5. The third-order valence-electron chi connectivity index (χ3n) is 13.8. The third-order valence-corrected chi connectivity index (χ3v) is 15.9. The molecule has 9 aromatic rings. The van der Waals surface area contributed by atoms with Crippen molar-refractivity contribution in [2.75, 3.05) is 39.8 Å². The molecule has 2 saturated heterocycles. The fourth-order valence-electron chi connectivity index (χ4n) is 9.89. The van der Waals surface area contributed by atoms with Gasteiger partial charge in [0.2, 0.25) is 23.2 Å². The summed E-state index contributed by atoms with van der Waals surface area (Å²) in [6.07, 6.45) is 1.53. The van der Waals surface area contributed by atoms with E-state index in [0.717, 1.165) is 26.4 Å². The van der Waals surface area contributed by atoms with Crippen LogP contribution < -0.4 is 29.9 Å². The van der Waals surface area contributed by atoms with Gasteiger partial charge in [0.15, 0.2) is 23.1 Å². The maximum atomic E-state index is 13.3. The molecule has 12 rings (SSSR count). The Morgan fingerprint density at radius 2 is 1.12 bits per heavy atom. The minimum atomic E-state index is -3.64. The zero-order valence-corrected chi connectivity index (χ0v) is 45.4. The van der Waals surface area contributed by atoms with Gasteiger partial charge in [0.05, 0.1) is 61.7 Å². The van der Waals surface area contributed by atoms with Crippen LogP contribution in [-0.2, 0) is 19.6 Å². The van der Waals surface area contributed by atoms with Gasteiger partial charge in [-0.2, -0.15) is 9.19 Å². The van der Waals surface area contributed by atoms with E-state index in [0.29, 0.717) is 78.9 Å². The van der Waals surface area contributed by atoms with Gasteiger partial charge >= 0.3 is 0 Å². The first kappa shape index (κ1) is 53.1. The third kappa shape index (κ3) is 9.75. The van der Waals surface area contributed by atoms with Crippen LogP contribution in [0.4, 0.5) is 34.4 Å². The minimum absolute atomic E-state index is 0.0586. The van der Waals surface area contributed by atoms with E-state index < -0.39 is 21.8 Å². The first-order chi connectivity index (χ1) is 38.4. The number of carbonyl (C=O) groups excluding carboxylic acids is 4. The largest absolute Gasteiger partial charge is 0.465 e. The number of amides is 4. The molecule has 4 amide bonds. The van der Waals surface area contributed by atoms with Gasteiger partial charge < -0.3 is 25.0 Å². The molecule has 2 atom stereocenters. The highest BCUT2D eigenvalue weighted by Gasteiger charge is 2.39. The van der Waals surface area contributed by atoms with Crippen molar-refractivity contribution in [2.24, 2.45) is 0 Å². The molecule has 7 aromatic carbocycles. The van der Waals surface area contributed by atoms with Crippen molar-refractivity contribution in [2.45, 2.75) is 24.7 Å². The number of nitrogens with one attached hydrogen (secondary N) is 1. The predicted molar refractivity (Wildman–Crippen MR) is 306 cm³/mol. The van der Waals surface area contributed by atoms with Crippen molar-refractivity contribution >= 4 is 136 Å². The molecule has 398 valence electrons. The molecular formula is C57H38Cl4N10O8S. The quantitative estimate of drug-likeness (QED) is 0.0971. The molecule has 2 aromatic heterocycles. The van der Waals surface area contributed by atoms with Crippen LogP contribution in [0.5, 0.6) is 23.0 Å². The Hall–Kier alpha value is -8.95. The molecule has 5 heterocycles. The number of halogens is 4. The van der Waals surface area contributed by atoms with Crippen LogP contribution in [0.25, 0.3) is 31.5 Å². The molecule has 0 unspecified atom stereocenters. The molecule has 0 aliphatic carbocycles. The number of ether oxygens (including phenoxy) is 2. The summed E-state index contributed by atoms with van der Waals surface area (Å²) in [5, 5.41) is 13.3. The lowest BCUT2D eigenvalue weighted by molar-refractivity contribution is -0.118. The number of fused-ring (bicyclic) bond motifs is 3. The van der Waals surface area contributed by atoms with Crippen molar-refractivity contribution < 1.29 is 37.1 Å². The van der Waals surface area contributed by atoms with Gasteiger partial charge in [-0.3, -0.25) is 24.3 Å². The number of para-hydroxylation sites is 2. The fourth-order valence-corrected chi connectivity index (χ4v) is 11.4. The summed E-state index contributed by atoms with van der Waals surface area (Å²) in [6, 6.07) is 37.3. The minimum Gasteiger partial charge on any atom is -0.465 e. The molecule has 0 spiro atoms. The van der Waals surface area contributed by atoms with Crippen LogP contribution in [0.15, 0.2) is 133 Å². The van der Waals surface area contributed by atoms with E-state index >= 15 is 0 Å². The van der Waals surface area contributed by atoms with Crippen LogP contribution in [0.1, 0.15) is 56.5 Å². The Kier molecular flexibility index (Phi) is 13.9. The topological polar surface area (TPSA) is 212 Å². The van der Waals surface area contributed by atoms with E-state index in [4.69, 9.17) is 74.8 Å². The number of rotatable bonds is 10. The number of H-pyrrole nitrogens is 1. The second kappa shape index (κ2) is 21.0. The highest BCUT2D eigenvalue weighted by atomic mass is 35.5. The number of nitrogens with two attached hydrogens (primary N) is 1. The first-order valence-electron chi connectivity index (χ1n) is 24.2. The van der Waals surface area contributed by atoms with Crippen molar-refractivity contribution in [1.82, 2.24) is 19.4 Å². The Morgan fingerprint density at radius 1 is 0.625 bits per heavy atom. The van der Waals surface area contributed by atoms with Crippen molar-refractivity contribution in [3.05, 3.63) is 199 Å². The van der Waals surface area contributed by atoms with Gasteiger partial charge in [0.25, 0.3) is 21.8 Å². The number of carbonyl (C=O) groups is 4. The Morgan fingerprint density at radius 3 is 1.62 bits per heavy atom. The van der Waals surface area contributed by atoms with Gasteiger partial charge in [-0.05, 0) is 96.1 Å². The SMILES string of the molecule is [C-]#[N+]c1cccc(Cl)c1Oc1cc([C@H]2CC(=O)N(c3ccc4[nH]nc(N5C(=O)c6ccccc6C5=O)c4c3)C2)ccc1Cl.[C-]#[N+]c1cccc(Cl)c1Oc1cc([C@H]2CC(=O)N(c3ccc4c(c3)c(N)nn4S(C)(=O)=O)C2)ccc1Cl. The van der Waals surface area contributed by atoms with Crippen molar-refractivity contribution in [3.8, 4) is 23.0 Å². The number of nitrogen functional groups attached to an aromatic ring is 1. The zero-order chi connectivity index (χ0) is 56.3. The normalized spacial score (nSPS) is 16.0. The fraction of sp³-hybridized carbons (Fsp3) is 0.123. The maximum absolute atomic E-state index is 13.3. The van der Waals surface area contributed by atoms with E-state index in [1.807, 2.05) is 12.1 Å². The Bertz CT molecular complexity index is 4290. The molecule has 3 aliphatic heterocycles. The van der Waals surface area contributed by atoms with Crippen LogP contribution in [-0.4, -0.2) is 70.8 Å². The number of benzene rings is 7. The molecule has 3 N–H and O–H groups in total. The van der Waals surface area contributed by atoms with Crippen LogP contribution in [0, 0.1) is 13.1 Å². The summed E-state index contributed by atoms with van der Waals surface area (Å²) in [5.74, 6) is -0.0968. The summed E-state index contributed by atoms with van der Waals surface area (Å²) in [4.78, 5) is 63.8. The number of aromatic amines is 1. The highest BCUT2D eigenvalue weighted by Crippen LogP contribution is 2.45. The van der Waals surface area contributed by atoms with E-state index in [-0.39, 0.29) is 81.0 Å². The second-order valence-electron chi connectivity index (χ2n) is 18.8. The number of hydrogen-bond donors (Lipinski definition) is 2. The van der Waals surface area contributed by atoms with Crippen LogP contribution in [0.3, 0.4) is 0 Å². The van der Waals surface area contributed by atoms with Crippen LogP contribution in [0.2, 0.25) is 20.1 Å². The highest BCUT2D eigenvalue weighted by molar-refractivity contribution is 7.89. The van der Waals surface area contributed by atoms with Gasteiger partial charge in [-0.1, -0.05) is 94.9 Å². The number of imide groups is 1. The molecule has 80 heavy (non-hydrogen) atoms. The lowest BCUT2D eigenvalue weighted by Crippen LogP contribution is -2.30. The lowest BCUT2D eigenvalue weighted by Gasteiger charge is -2.18. The van der Waals surface area contributed by atoms with E-state index in [1.54, 1.807) is 131 Å². The van der Waals surface area contributed by atoms with Gasteiger partial charge in [-0.15, -0.1) is 5.10 Å². The summed E-state index contributed by atoms with van der Waals surface area (Å²) >= 11 is 25.4. The average molecular weight is 1160 g/mol. The van der Waals surface area contributed by atoms with Gasteiger partial charge in [-0.25, -0.2) is 23.0 Å². The summed E-state index contributed by atoms with van der Waals surface area (Å²) in [6.45, 7) is 15.6. The average Bonchev–Trinajstić information content (AvgIpc) is 4.31. The maximum Gasteiger partial charge on any atom is 0.267 e. The molecule has 0 bridgehead atoms. The first-order valence-corrected chi connectivity index (χ1v) is 27.6. The Labute approximate surface area is 476 Å². The molecule has 0 radical (unpaired) electrons. The molecular weight excluding hydrogens is 1130 g/mol. The van der Waals surface area contributed by atoms with Gasteiger partial charge in [0, 0.05) is 59.9 Å². The molecule has 3 aliphatic rings. The summed E-state index contributed by atoms with van der Waals surface area (Å²) < 4.78 is 36.8. The number of aromatic nitrogens is 4. The number of nitrogens with zero attached hydrogens (tertiary/aromatic N) is 8. The molecule has 0 saturated carbocycles. The lowest BCUT2D eigenvalue weighted by atomic mass is 9.98. The van der Waals surface area contributed by atoms with Crippen molar-refractivity contribution in [1.29, 1.82) is 0 Å². The van der Waals surface area contributed by atoms with E-state index in [9.17, 15) is 27.6 Å². The van der Waals surface area contributed by atoms with Gasteiger partial charge in [0.1, 0.15) is 11.5 Å². The van der Waals surface area contributed by atoms with E-state index in [2.05, 4.69) is 25.0 Å². The number of hydrogen-bond acceptors (Lipinski definition) is 11. The summed E-state index contributed by atoms with van der Waals surface area (Å²) in [7, 11) is -3.64. The Balaban J connectivity index is 0.000000171. The molecule has 18 nitrogen and oxygen atoms in total. The summed E-state index contributed by atoms with van der Waals surface area (Å²) in [5.41, 5.74) is 10.9. The molecule has 23 heteroatoms. The smallest absolute Gasteiger partial charge is 0.267 e. The predicted octanol–water partition coefficient (Wildman–Crippen LogP) is 13.1. The van der Waals surface area contributed by atoms with Crippen LogP contribution >= 0.6 is 46.4 Å². The number of anilines is 4. The monoisotopic (exact) mass is 1160 g/mol. The molecule has 2 fully saturated rings. The van der Waals surface area contributed by atoms with Crippen molar-refractivity contribution in [3.63, 3.8) is 0 Å². The standard InChI is InChI=1S/C32H19Cl2N5O4.C25H19Cl2N5O4S/c1-35-26-8-4-7-24(34)29(26)43-27-13-17(9-11-23(27)33)18-14-28(40)38(16-18)19-10-12-25-22(15-19)30(37-36-25)39-31(41)20-5-2-3-6-21(20)32(39)42;1-29-20-5-3-4-19(27)24(20)36-22-10-14(6-8-18(22)26)15-11-23(33)31(13-15)16-7-9-21-17(12-16)25(28)30-32(21)37(2,34)35/h2-13,15,18H,14,16H2,(H,36,37);3-10,12,15H,11,13H2,2H3,(H2,28,30)/t18-;15-/m00/s1.